The Labute approximate surface area is 261 Å². The molecule has 0 amide bonds. The van der Waals surface area contributed by atoms with Crippen LogP contribution in [-0.4, -0.2) is 30.4 Å². The molecule has 5 aliphatic rings. The molecule has 2 fully saturated rings. The fourth-order valence-electron chi connectivity index (χ4n) is 6.73. The molecule has 43 heavy (non-hydrogen) atoms. The maximum atomic E-state index is 12.8. The largest absolute Gasteiger partial charge is 0.372 e. The Morgan fingerprint density at radius 3 is 2.37 bits per heavy atom. The third-order valence-electron chi connectivity index (χ3n) is 9.79. The summed E-state index contributed by atoms with van der Waals surface area (Å²) in [4.78, 5) is 13.7. The highest BCUT2D eigenvalue weighted by Gasteiger charge is 2.26. The van der Waals surface area contributed by atoms with Gasteiger partial charge >= 0.3 is 0 Å². The number of likely N-dealkylation sites (tertiary alicyclic amines) is 1. The van der Waals surface area contributed by atoms with Gasteiger partial charge in [0.1, 0.15) is 12.5 Å². The molecule has 0 aromatic heterocycles. The van der Waals surface area contributed by atoms with Crippen molar-refractivity contribution in [3.8, 4) is 0 Å². The van der Waals surface area contributed by atoms with Gasteiger partial charge in [0, 0.05) is 37.5 Å². The number of ketones is 1. The van der Waals surface area contributed by atoms with E-state index in [-0.39, 0.29) is 1.43 Å². The molecule has 0 aromatic carbocycles. The molecule has 0 spiro atoms. The minimum Gasteiger partial charge on any atom is -0.372 e. The summed E-state index contributed by atoms with van der Waals surface area (Å²) < 4.78 is 12.8. The lowest BCUT2D eigenvalue weighted by Crippen LogP contribution is -2.32. The van der Waals surface area contributed by atoms with E-state index < -0.39 is 6.67 Å². The molecule has 2 unspecified atom stereocenters. The quantitative estimate of drug-likeness (QED) is 0.322. The van der Waals surface area contributed by atoms with Crippen LogP contribution in [0.15, 0.2) is 107 Å². The minimum absolute atomic E-state index is 0. The van der Waals surface area contributed by atoms with Crippen LogP contribution in [0, 0.1) is 29.6 Å². The van der Waals surface area contributed by atoms with Gasteiger partial charge in [0.05, 0.1) is 0 Å². The van der Waals surface area contributed by atoms with E-state index in [2.05, 4.69) is 86.2 Å². The van der Waals surface area contributed by atoms with E-state index in [0.717, 1.165) is 67.6 Å². The number of Topliss-reactive ketones (excluding diaryl/α,β-unsaturated/α-hetero) is 1. The summed E-state index contributed by atoms with van der Waals surface area (Å²) in [6.45, 7) is 14.4. The number of piperidine rings is 1. The van der Waals surface area contributed by atoms with Gasteiger partial charge in [-0.1, -0.05) is 82.0 Å². The van der Waals surface area contributed by atoms with Crippen molar-refractivity contribution in [1.29, 1.82) is 0 Å². The van der Waals surface area contributed by atoms with Crippen molar-refractivity contribution in [3.05, 3.63) is 107 Å². The van der Waals surface area contributed by atoms with Gasteiger partial charge in [0.25, 0.3) is 0 Å². The van der Waals surface area contributed by atoms with E-state index in [1.807, 2.05) is 12.2 Å². The molecule has 3 nitrogen and oxygen atoms in total. The van der Waals surface area contributed by atoms with Crippen LogP contribution in [0.3, 0.4) is 0 Å². The van der Waals surface area contributed by atoms with Crippen LogP contribution in [0.2, 0.25) is 0 Å². The summed E-state index contributed by atoms with van der Waals surface area (Å²) in [5.74, 6) is 3.13. The van der Waals surface area contributed by atoms with E-state index >= 15 is 0 Å². The number of halogens is 1. The Morgan fingerprint density at radius 1 is 1.05 bits per heavy atom. The molecular weight excluding hydrogens is 531 g/mol. The first-order valence-corrected chi connectivity index (χ1v) is 16.6. The molecule has 0 radical (unpaired) electrons. The van der Waals surface area contributed by atoms with Crippen LogP contribution in [0.4, 0.5) is 4.39 Å². The molecule has 2 aliphatic heterocycles. The highest BCUT2D eigenvalue weighted by atomic mass is 19.1. The number of alkyl halides is 1. The normalized spacial score (nSPS) is 29.4. The zero-order valence-corrected chi connectivity index (χ0v) is 27.0. The van der Waals surface area contributed by atoms with E-state index in [0.29, 0.717) is 23.5 Å². The molecule has 1 saturated carbocycles. The number of carbonyl (C=O) groups is 1. The average Bonchev–Trinajstić information content (AvgIpc) is 3.12. The molecule has 3 aliphatic carbocycles. The Balaban J connectivity index is 0.000000315. The monoisotopic (exact) mass is 586 g/mol. The molecule has 234 valence electrons. The number of carbonyl (C=O) groups excluding carboxylic acids is 1. The van der Waals surface area contributed by atoms with Crippen LogP contribution < -0.4 is 5.32 Å². The second kappa shape index (κ2) is 16.1. The van der Waals surface area contributed by atoms with Gasteiger partial charge in [-0.05, 0) is 111 Å². The summed E-state index contributed by atoms with van der Waals surface area (Å²) in [6, 6.07) is 0. The summed E-state index contributed by atoms with van der Waals surface area (Å²) in [5.41, 5.74) is 7.25. The van der Waals surface area contributed by atoms with Gasteiger partial charge < -0.3 is 10.2 Å². The fourth-order valence-corrected chi connectivity index (χ4v) is 6.73. The second-order valence-electron chi connectivity index (χ2n) is 13.2. The standard InChI is InChI=1S/C27H37FN2.C12H16O.H2/c1-5-25-22(4)9-13-26(29-27(25)7-6-16-28)23-10-12-24(11-8-21(3)19-23)30-17-14-20(2)15-18-30;1-9(13)10-5-7-12(8-6-10)11-3-2-4-11;/h5-7,10-13,19-22,29H,1,8-9,14-18H2,2-4H3;2-4,10,12H,5-8H2,1H3;1H/b7-6-,12-10?,23-19?,24-11-;;. The predicted octanol–water partition coefficient (Wildman–Crippen LogP) is 9.73. The zero-order valence-electron chi connectivity index (χ0n) is 27.0. The van der Waals surface area contributed by atoms with Crippen molar-refractivity contribution in [1.82, 2.24) is 10.2 Å². The highest BCUT2D eigenvalue weighted by Crippen LogP contribution is 2.36. The zero-order chi connectivity index (χ0) is 30.8. The number of nitrogens with one attached hydrogen (secondary N) is 1. The maximum Gasteiger partial charge on any atom is 0.132 e. The third-order valence-corrected chi connectivity index (χ3v) is 9.79. The van der Waals surface area contributed by atoms with Gasteiger partial charge in [0.15, 0.2) is 0 Å². The molecule has 1 saturated heterocycles. The van der Waals surface area contributed by atoms with Crippen LogP contribution in [-0.2, 0) is 4.79 Å². The third kappa shape index (κ3) is 9.17. The van der Waals surface area contributed by atoms with Crippen molar-refractivity contribution in [3.63, 3.8) is 0 Å². The van der Waals surface area contributed by atoms with Gasteiger partial charge in [-0.2, -0.15) is 0 Å². The molecule has 1 N–H and O–H groups in total. The lowest BCUT2D eigenvalue weighted by atomic mass is 9.75. The van der Waals surface area contributed by atoms with Crippen LogP contribution in [0.25, 0.3) is 0 Å². The van der Waals surface area contributed by atoms with E-state index in [9.17, 15) is 9.18 Å². The molecular formula is C39H55FN2O. The van der Waals surface area contributed by atoms with Gasteiger partial charge in [-0.3, -0.25) is 4.79 Å². The predicted molar refractivity (Wildman–Crippen MR) is 182 cm³/mol. The Morgan fingerprint density at radius 2 is 1.77 bits per heavy atom. The first kappa shape index (κ1) is 32.8. The van der Waals surface area contributed by atoms with Crippen molar-refractivity contribution < 1.29 is 10.6 Å². The lowest BCUT2D eigenvalue weighted by molar-refractivity contribution is -0.121. The van der Waals surface area contributed by atoms with Gasteiger partial charge in [-0.15, -0.1) is 0 Å². The summed E-state index contributed by atoms with van der Waals surface area (Å²) in [6.07, 6.45) is 32.5. The van der Waals surface area contributed by atoms with Crippen molar-refractivity contribution in [2.24, 2.45) is 29.6 Å². The lowest BCUT2D eigenvalue weighted by Gasteiger charge is -2.33. The summed E-state index contributed by atoms with van der Waals surface area (Å²) in [5, 5.41) is 3.58. The molecule has 5 rings (SSSR count). The van der Waals surface area contributed by atoms with Crippen molar-refractivity contribution in [2.75, 3.05) is 19.8 Å². The Kier molecular flexibility index (Phi) is 12.3. The number of nitrogens with zero attached hydrogens (tertiary/aromatic N) is 1. The SMILES string of the molecule is C=CC1=C(/C=C\CF)NC(C2=CC(C)C/C=C(\N3CCC(C)CC3)C=C2)=CCC1C.CC(=O)C1CCC(C2=CC=C2)CC1.[HH]. The average molecular weight is 587 g/mol. The highest BCUT2D eigenvalue weighted by molar-refractivity contribution is 5.78. The second-order valence-corrected chi connectivity index (χ2v) is 13.2. The summed E-state index contributed by atoms with van der Waals surface area (Å²) in [7, 11) is 0. The Hall–Kier alpha value is -3.14. The minimum atomic E-state index is -0.467. The molecule has 0 aromatic rings. The van der Waals surface area contributed by atoms with E-state index in [1.54, 1.807) is 13.0 Å². The molecule has 0 bridgehead atoms. The molecule has 2 heterocycles. The molecule has 2 atom stereocenters. The topological polar surface area (TPSA) is 32.3 Å². The molecule has 4 heteroatoms. The summed E-state index contributed by atoms with van der Waals surface area (Å²) >= 11 is 0. The Bertz CT molecular complexity index is 1250. The maximum absolute atomic E-state index is 12.8. The first-order chi connectivity index (χ1) is 20.8. The fraction of sp³-hybridized carbons (Fsp3) is 0.513. The first-order valence-electron chi connectivity index (χ1n) is 16.6. The van der Waals surface area contributed by atoms with Crippen molar-refractivity contribution in [2.45, 2.75) is 79.1 Å². The van der Waals surface area contributed by atoms with E-state index in [4.69, 9.17) is 0 Å². The van der Waals surface area contributed by atoms with Gasteiger partial charge in [-0.25, -0.2) is 4.39 Å². The van der Waals surface area contributed by atoms with Crippen LogP contribution in [0.1, 0.15) is 80.5 Å². The number of rotatable bonds is 7. The van der Waals surface area contributed by atoms with Crippen molar-refractivity contribution >= 4 is 5.78 Å². The number of hydrogen-bond acceptors (Lipinski definition) is 3. The van der Waals surface area contributed by atoms with Gasteiger partial charge in [0.2, 0.25) is 0 Å². The van der Waals surface area contributed by atoms with Crippen LogP contribution in [0.5, 0.6) is 0 Å². The number of allylic oxidation sites excluding steroid dienone is 13. The van der Waals surface area contributed by atoms with E-state index in [1.165, 1.54) is 42.5 Å². The number of hydrogen-bond donors (Lipinski definition) is 1. The smallest absolute Gasteiger partial charge is 0.132 e. The van der Waals surface area contributed by atoms with Crippen LogP contribution >= 0.6 is 0 Å².